The van der Waals surface area contributed by atoms with Crippen LogP contribution >= 0.6 is 22.9 Å². The summed E-state index contributed by atoms with van der Waals surface area (Å²) in [6, 6.07) is 7.70. The van der Waals surface area contributed by atoms with E-state index in [1.54, 1.807) is 12.1 Å². The van der Waals surface area contributed by atoms with Crippen molar-refractivity contribution in [1.82, 2.24) is 0 Å². The van der Waals surface area contributed by atoms with E-state index in [1.807, 2.05) is 0 Å². The summed E-state index contributed by atoms with van der Waals surface area (Å²) in [5.74, 6) is -1.36. The number of halogens is 2. The third kappa shape index (κ3) is 2.97. The van der Waals surface area contributed by atoms with Crippen LogP contribution in [0, 0.1) is 5.82 Å². The fourth-order valence-electron chi connectivity index (χ4n) is 1.43. The average Bonchev–Trinajstić information content (AvgIpc) is 2.78. The largest absolute Gasteiger partial charge is 0.478 e. The van der Waals surface area contributed by atoms with Crippen LogP contribution in [-0.4, -0.2) is 11.1 Å². The van der Waals surface area contributed by atoms with E-state index >= 15 is 0 Å². The zero-order valence-corrected chi connectivity index (χ0v) is 10.6. The summed E-state index contributed by atoms with van der Waals surface area (Å²) in [7, 11) is 0. The van der Waals surface area contributed by atoms with Gasteiger partial charge in [0.15, 0.2) is 0 Å². The lowest BCUT2D eigenvalue weighted by Crippen LogP contribution is -1.84. The van der Waals surface area contributed by atoms with Crippen molar-refractivity contribution < 1.29 is 14.3 Å². The molecule has 2 nitrogen and oxygen atoms in total. The molecule has 0 spiro atoms. The molecule has 0 aliphatic rings. The lowest BCUT2D eigenvalue weighted by Gasteiger charge is -2.00. The number of carbonyl (C=O) groups is 1. The van der Waals surface area contributed by atoms with E-state index < -0.39 is 5.97 Å². The third-order valence-corrected chi connectivity index (χ3v) is 3.62. The maximum Gasteiger partial charge on any atom is 0.328 e. The molecule has 1 aromatic carbocycles. The lowest BCUT2D eigenvalue weighted by atomic mass is 10.2. The molecular weight excluding hydrogens is 275 g/mol. The van der Waals surface area contributed by atoms with Crippen molar-refractivity contribution >= 4 is 35.0 Å². The van der Waals surface area contributed by atoms with E-state index in [2.05, 4.69) is 0 Å². The summed E-state index contributed by atoms with van der Waals surface area (Å²) in [6.07, 6.45) is 2.55. The van der Waals surface area contributed by atoms with Crippen molar-refractivity contribution in [2.24, 2.45) is 0 Å². The van der Waals surface area contributed by atoms with Gasteiger partial charge in [0.05, 0.1) is 0 Å². The Morgan fingerprint density at radius 3 is 2.83 bits per heavy atom. The highest BCUT2D eigenvalue weighted by Crippen LogP contribution is 2.34. The van der Waals surface area contributed by atoms with Crippen LogP contribution in [-0.2, 0) is 4.79 Å². The Hall–Kier alpha value is -1.65. The smallest absolute Gasteiger partial charge is 0.328 e. The molecule has 0 amide bonds. The number of rotatable bonds is 3. The van der Waals surface area contributed by atoms with E-state index in [0.717, 1.165) is 15.8 Å². The first-order valence-corrected chi connectivity index (χ1v) is 6.22. The van der Waals surface area contributed by atoms with Crippen molar-refractivity contribution in [1.29, 1.82) is 0 Å². The quantitative estimate of drug-likeness (QED) is 0.852. The maximum atomic E-state index is 13.1. The highest BCUT2D eigenvalue weighted by molar-refractivity contribution is 7.16. The highest BCUT2D eigenvalue weighted by atomic mass is 35.5. The first-order chi connectivity index (χ1) is 8.56. The number of hydrogen-bond donors (Lipinski definition) is 1. The molecule has 2 rings (SSSR count). The zero-order chi connectivity index (χ0) is 13.1. The predicted octanol–water partition coefficient (Wildman–Crippen LogP) is 4.31. The minimum Gasteiger partial charge on any atom is -0.478 e. The fraction of sp³-hybridized carbons (Fsp3) is 0. The van der Waals surface area contributed by atoms with E-state index in [0.29, 0.717) is 10.6 Å². The standard InChI is InChI=1S/C13H8ClFO2S/c14-11-4-1-8(15)7-10(11)12-5-2-9(18-12)3-6-13(16)17/h1-7H,(H,16,17)/b6-3+. The number of hydrogen-bond acceptors (Lipinski definition) is 2. The normalized spacial score (nSPS) is 11.0. The molecule has 1 heterocycles. The zero-order valence-electron chi connectivity index (χ0n) is 9.06. The molecule has 0 fully saturated rings. The van der Waals surface area contributed by atoms with Crippen molar-refractivity contribution in [2.45, 2.75) is 0 Å². The van der Waals surface area contributed by atoms with E-state index in [1.165, 1.54) is 35.6 Å². The highest BCUT2D eigenvalue weighted by Gasteiger charge is 2.07. The summed E-state index contributed by atoms with van der Waals surface area (Å²) < 4.78 is 13.1. The Morgan fingerprint density at radius 2 is 2.11 bits per heavy atom. The molecule has 1 N–H and O–H groups in total. The molecule has 0 aliphatic carbocycles. The van der Waals surface area contributed by atoms with Gasteiger partial charge in [0.2, 0.25) is 0 Å². The second kappa shape index (κ2) is 5.33. The third-order valence-electron chi connectivity index (χ3n) is 2.21. The summed E-state index contributed by atoms with van der Waals surface area (Å²) in [5, 5.41) is 8.99. The van der Waals surface area contributed by atoms with Crippen molar-refractivity contribution in [3.63, 3.8) is 0 Å². The summed E-state index contributed by atoms with van der Waals surface area (Å²) in [5.41, 5.74) is 0.608. The molecule has 5 heteroatoms. The first kappa shape index (κ1) is 12.8. The van der Waals surface area contributed by atoms with Crippen LogP contribution < -0.4 is 0 Å². The fourth-order valence-corrected chi connectivity index (χ4v) is 2.64. The summed E-state index contributed by atoms with van der Waals surface area (Å²) >= 11 is 7.34. The van der Waals surface area contributed by atoms with Crippen molar-refractivity contribution in [3.8, 4) is 10.4 Å². The van der Waals surface area contributed by atoms with Crippen LogP contribution in [0.3, 0.4) is 0 Å². The minimum absolute atomic E-state index is 0.356. The molecular formula is C13H8ClFO2S. The number of benzene rings is 1. The van der Waals surface area contributed by atoms with Crippen molar-refractivity contribution in [2.75, 3.05) is 0 Å². The van der Waals surface area contributed by atoms with E-state index in [4.69, 9.17) is 16.7 Å². The summed E-state index contributed by atoms with van der Waals surface area (Å²) in [6.45, 7) is 0. The van der Waals surface area contributed by atoms with Crippen LogP contribution in [0.1, 0.15) is 4.88 Å². The van der Waals surface area contributed by atoms with Crippen molar-refractivity contribution in [3.05, 3.63) is 52.1 Å². The Bertz CT molecular complexity index is 619. The monoisotopic (exact) mass is 282 g/mol. The minimum atomic E-state index is -1.01. The van der Waals surface area contributed by atoms with E-state index in [-0.39, 0.29) is 5.82 Å². The van der Waals surface area contributed by atoms with E-state index in [9.17, 15) is 9.18 Å². The molecule has 0 aliphatic heterocycles. The Balaban J connectivity index is 2.35. The number of carboxylic acids is 1. The Labute approximate surface area is 112 Å². The number of thiophene rings is 1. The molecule has 0 saturated carbocycles. The Morgan fingerprint density at radius 1 is 1.33 bits per heavy atom. The molecule has 18 heavy (non-hydrogen) atoms. The molecule has 0 bridgehead atoms. The van der Waals surface area contributed by atoms with Crippen LogP contribution in [0.25, 0.3) is 16.5 Å². The van der Waals surface area contributed by atoms with Gasteiger partial charge in [0.25, 0.3) is 0 Å². The first-order valence-electron chi connectivity index (χ1n) is 5.02. The molecule has 0 atom stereocenters. The van der Waals surface area contributed by atoms with Gasteiger partial charge in [0.1, 0.15) is 5.82 Å². The number of aliphatic carboxylic acids is 1. The number of carboxylic acid groups (broad SMARTS) is 1. The lowest BCUT2D eigenvalue weighted by molar-refractivity contribution is -0.131. The van der Waals surface area contributed by atoms with Gasteiger partial charge in [-0.25, -0.2) is 9.18 Å². The molecule has 0 radical (unpaired) electrons. The molecule has 1 aromatic heterocycles. The van der Waals surface area contributed by atoms with Crippen LogP contribution in [0.15, 0.2) is 36.4 Å². The van der Waals surface area contributed by atoms with Gasteiger partial charge in [-0.1, -0.05) is 11.6 Å². The molecule has 0 unspecified atom stereocenters. The van der Waals surface area contributed by atoms with Gasteiger partial charge in [0, 0.05) is 26.4 Å². The van der Waals surface area contributed by atoms with Crippen LogP contribution in [0.2, 0.25) is 5.02 Å². The van der Waals surface area contributed by atoms with Gasteiger partial charge in [-0.3, -0.25) is 0 Å². The van der Waals surface area contributed by atoms with Gasteiger partial charge < -0.3 is 5.11 Å². The molecule has 2 aromatic rings. The van der Waals surface area contributed by atoms with Gasteiger partial charge in [-0.2, -0.15) is 0 Å². The predicted molar refractivity (Wildman–Crippen MR) is 71.4 cm³/mol. The second-order valence-electron chi connectivity index (χ2n) is 3.50. The van der Waals surface area contributed by atoms with Crippen LogP contribution in [0.4, 0.5) is 4.39 Å². The topological polar surface area (TPSA) is 37.3 Å². The SMILES string of the molecule is O=C(O)/C=C/c1ccc(-c2cc(F)ccc2Cl)s1. The molecule has 92 valence electrons. The Kier molecular flexibility index (Phi) is 3.79. The van der Waals surface area contributed by atoms with Gasteiger partial charge in [-0.05, 0) is 36.4 Å². The van der Waals surface area contributed by atoms with Gasteiger partial charge >= 0.3 is 5.97 Å². The average molecular weight is 283 g/mol. The molecule has 0 saturated heterocycles. The summed E-state index contributed by atoms with van der Waals surface area (Å²) in [4.78, 5) is 12.0. The van der Waals surface area contributed by atoms with Gasteiger partial charge in [-0.15, -0.1) is 11.3 Å². The van der Waals surface area contributed by atoms with Crippen LogP contribution in [0.5, 0.6) is 0 Å². The second-order valence-corrected chi connectivity index (χ2v) is 5.02. The maximum absolute atomic E-state index is 13.1.